The molecule has 6 heteroatoms. The summed E-state index contributed by atoms with van der Waals surface area (Å²) in [6, 6.07) is 5.58. The number of hydrogen-bond donors (Lipinski definition) is 0. The van der Waals surface area contributed by atoms with Crippen LogP contribution in [0.2, 0.25) is 5.02 Å². The third kappa shape index (κ3) is 2.20. The lowest BCUT2D eigenvalue weighted by molar-refractivity contribution is 0.467. The van der Waals surface area contributed by atoms with E-state index >= 15 is 0 Å². The second-order valence-corrected chi connectivity index (χ2v) is 4.80. The van der Waals surface area contributed by atoms with Gasteiger partial charge in [0.15, 0.2) is 5.65 Å². The molecule has 0 amide bonds. The number of nitrogens with zero attached hydrogens (tertiary/aromatic N) is 4. The minimum atomic E-state index is 0.493. The van der Waals surface area contributed by atoms with Crippen molar-refractivity contribution in [3.05, 3.63) is 41.3 Å². The van der Waals surface area contributed by atoms with Crippen molar-refractivity contribution in [3.8, 4) is 11.6 Å². The van der Waals surface area contributed by atoms with E-state index in [9.17, 15) is 0 Å². The molecule has 0 unspecified atom stereocenters. The molecule has 0 saturated heterocycles. The summed E-state index contributed by atoms with van der Waals surface area (Å²) < 4.78 is 7.52. The molecule has 5 nitrogen and oxygen atoms in total. The van der Waals surface area contributed by atoms with Gasteiger partial charge in [-0.1, -0.05) is 18.5 Å². The molecular weight excluding hydrogens is 276 g/mol. The minimum Gasteiger partial charge on any atom is -0.438 e. The third-order valence-corrected chi connectivity index (χ3v) is 3.47. The van der Waals surface area contributed by atoms with Crippen LogP contribution in [-0.2, 0) is 13.5 Å². The number of hydrogen-bond acceptors (Lipinski definition) is 4. The highest BCUT2D eigenvalue weighted by atomic mass is 35.5. The fourth-order valence-electron chi connectivity index (χ4n) is 2.02. The van der Waals surface area contributed by atoms with Crippen molar-refractivity contribution >= 4 is 22.6 Å². The molecule has 20 heavy (non-hydrogen) atoms. The zero-order valence-corrected chi connectivity index (χ0v) is 11.9. The lowest BCUT2D eigenvalue weighted by Gasteiger charge is -2.08. The largest absolute Gasteiger partial charge is 0.438 e. The van der Waals surface area contributed by atoms with Crippen molar-refractivity contribution < 1.29 is 4.74 Å². The smallest absolute Gasteiger partial charge is 0.233 e. The fourth-order valence-corrected chi connectivity index (χ4v) is 2.27. The summed E-state index contributed by atoms with van der Waals surface area (Å²) in [6.45, 7) is 2.05. The Morgan fingerprint density at radius 1 is 1.30 bits per heavy atom. The van der Waals surface area contributed by atoms with E-state index < -0.39 is 0 Å². The van der Waals surface area contributed by atoms with Crippen LogP contribution in [0.4, 0.5) is 0 Å². The predicted molar refractivity (Wildman–Crippen MR) is 77.2 cm³/mol. The Hall–Kier alpha value is -2.14. The van der Waals surface area contributed by atoms with Crippen molar-refractivity contribution in [3.63, 3.8) is 0 Å². The standard InChI is InChI=1S/C14H13ClN4O/c1-3-9-6-10(4-5-12(9)15)20-14-11-7-18-19(2)13(11)16-8-17-14/h4-8H,3H2,1-2H3. The van der Waals surface area contributed by atoms with E-state index in [1.807, 2.05) is 25.2 Å². The van der Waals surface area contributed by atoms with Gasteiger partial charge in [0.05, 0.1) is 6.20 Å². The summed E-state index contributed by atoms with van der Waals surface area (Å²) in [5.74, 6) is 1.20. The van der Waals surface area contributed by atoms with Crippen molar-refractivity contribution in [2.75, 3.05) is 0 Å². The van der Waals surface area contributed by atoms with E-state index in [-0.39, 0.29) is 0 Å². The molecule has 0 aliphatic carbocycles. The van der Waals surface area contributed by atoms with Gasteiger partial charge < -0.3 is 4.74 Å². The second kappa shape index (κ2) is 5.09. The Balaban J connectivity index is 2.01. The monoisotopic (exact) mass is 288 g/mol. The average molecular weight is 289 g/mol. The number of ether oxygens (including phenoxy) is 1. The van der Waals surface area contributed by atoms with Crippen LogP contribution in [0, 0.1) is 0 Å². The van der Waals surface area contributed by atoms with Crippen LogP contribution in [0.3, 0.4) is 0 Å². The van der Waals surface area contributed by atoms with Crippen LogP contribution in [0.25, 0.3) is 11.0 Å². The Morgan fingerprint density at radius 3 is 2.95 bits per heavy atom. The quantitative estimate of drug-likeness (QED) is 0.741. The number of fused-ring (bicyclic) bond motifs is 1. The number of rotatable bonds is 3. The highest BCUT2D eigenvalue weighted by Gasteiger charge is 2.10. The van der Waals surface area contributed by atoms with Crippen molar-refractivity contribution in [1.82, 2.24) is 19.7 Å². The van der Waals surface area contributed by atoms with E-state index in [2.05, 4.69) is 22.0 Å². The second-order valence-electron chi connectivity index (χ2n) is 4.39. The highest BCUT2D eigenvalue weighted by molar-refractivity contribution is 6.31. The van der Waals surface area contributed by atoms with E-state index in [4.69, 9.17) is 16.3 Å². The molecular formula is C14H13ClN4O. The van der Waals surface area contributed by atoms with Gasteiger partial charge in [-0.25, -0.2) is 9.97 Å². The van der Waals surface area contributed by atoms with Crippen LogP contribution in [0.15, 0.2) is 30.7 Å². The molecule has 2 heterocycles. The number of halogens is 1. The van der Waals surface area contributed by atoms with E-state index in [1.54, 1.807) is 10.9 Å². The molecule has 0 aliphatic rings. The number of benzene rings is 1. The van der Waals surface area contributed by atoms with Gasteiger partial charge in [-0.2, -0.15) is 5.10 Å². The summed E-state index contributed by atoms with van der Waals surface area (Å²) >= 11 is 6.10. The van der Waals surface area contributed by atoms with E-state index in [1.165, 1.54) is 6.33 Å². The summed E-state index contributed by atoms with van der Waals surface area (Å²) in [5, 5.41) is 5.68. The van der Waals surface area contributed by atoms with E-state index in [0.717, 1.165) is 28.0 Å². The Kier molecular flexibility index (Phi) is 3.28. The highest BCUT2D eigenvalue weighted by Crippen LogP contribution is 2.29. The normalized spacial score (nSPS) is 10.9. The van der Waals surface area contributed by atoms with Gasteiger partial charge in [0.2, 0.25) is 5.88 Å². The first-order chi connectivity index (χ1) is 9.69. The zero-order valence-electron chi connectivity index (χ0n) is 11.2. The van der Waals surface area contributed by atoms with Crippen molar-refractivity contribution in [1.29, 1.82) is 0 Å². The maximum atomic E-state index is 6.10. The Morgan fingerprint density at radius 2 is 2.15 bits per heavy atom. The van der Waals surface area contributed by atoms with Gasteiger partial charge in [0.1, 0.15) is 17.5 Å². The first kappa shape index (κ1) is 12.9. The molecule has 0 saturated carbocycles. The Bertz CT molecular complexity index is 769. The number of aryl methyl sites for hydroxylation is 2. The van der Waals surface area contributed by atoms with Gasteiger partial charge in [-0.3, -0.25) is 4.68 Å². The van der Waals surface area contributed by atoms with Crippen LogP contribution in [-0.4, -0.2) is 19.7 Å². The molecule has 3 aromatic rings. The first-order valence-corrected chi connectivity index (χ1v) is 6.66. The summed E-state index contributed by atoms with van der Waals surface area (Å²) in [4.78, 5) is 8.35. The molecule has 0 radical (unpaired) electrons. The van der Waals surface area contributed by atoms with Gasteiger partial charge in [-0.15, -0.1) is 0 Å². The SMILES string of the molecule is CCc1cc(Oc2ncnc3c2cnn3C)ccc1Cl. The topological polar surface area (TPSA) is 52.8 Å². The molecule has 0 aliphatic heterocycles. The van der Waals surface area contributed by atoms with Crippen LogP contribution in [0.1, 0.15) is 12.5 Å². The van der Waals surface area contributed by atoms with Gasteiger partial charge in [0.25, 0.3) is 0 Å². The molecule has 0 bridgehead atoms. The summed E-state index contributed by atoms with van der Waals surface area (Å²) in [5.41, 5.74) is 1.78. The fraction of sp³-hybridized carbons (Fsp3) is 0.214. The van der Waals surface area contributed by atoms with Gasteiger partial charge in [-0.05, 0) is 30.2 Å². The lowest BCUT2D eigenvalue weighted by atomic mass is 10.1. The minimum absolute atomic E-state index is 0.493. The molecule has 0 fully saturated rings. The maximum absolute atomic E-state index is 6.10. The molecule has 2 aromatic heterocycles. The molecule has 1 aromatic carbocycles. The average Bonchev–Trinajstić information content (AvgIpc) is 2.84. The predicted octanol–water partition coefficient (Wildman–Crippen LogP) is 3.37. The van der Waals surface area contributed by atoms with Crippen LogP contribution < -0.4 is 4.74 Å². The molecule has 0 atom stereocenters. The lowest BCUT2D eigenvalue weighted by Crippen LogP contribution is -1.94. The molecule has 0 spiro atoms. The van der Waals surface area contributed by atoms with Crippen molar-refractivity contribution in [2.45, 2.75) is 13.3 Å². The van der Waals surface area contributed by atoms with Crippen LogP contribution >= 0.6 is 11.6 Å². The summed E-state index contributed by atoms with van der Waals surface area (Å²) in [6.07, 6.45) is 4.01. The zero-order chi connectivity index (χ0) is 14.1. The first-order valence-electron chi connectivity index (χ1n) is 6.28. The Labute approximate surface area is 121 Å². The molecule has 3 rings (SSSR count). The summed E-state index contributed by atoms with van der Waals surface area (Å²) in [7, 11) is 1.83. The van der Waals surface area contributed by atoms with Crippen LogP contribution in [0.5, 0.6) is 11.6 Å². The number of aromatic nitrogens is 4. The molecule has 102 valence electrons. The van der Waals surface area contributed by atoms with Gasteiger partial charge >= 0.3 is 0 Å². The molecule has 0 N–H and O–H groups in total. The third-order valence-electron chi connectivity index (χ3n) is 3.11. The van der Waals surface area contributed by atoms with Crippen molar-refractivity contribution in [2.24, 2.45) is 7.05 Å². The van der Waals surface area contributed by atoms with Gasteiger partial charge in [0, 0.05) is 12.1 Å². The van der Waals surface area contributed by atoms with E-state index in [0.29, 0.717) is 11.6 Å². The maximum Gasteiger partial charge on any atom is 0.233 e.